The molecule has 0 radical (unpaired) electrons. The van der Waals surface area contributed by atoms with Crippen molar-refractivity contribution in [2.24, 2.45) is 4.99 Å². The maximum absolute atomic E-state index is 4.12. The van der Waals surface area contributed by atoms with E-state index in [1.807, 2.05) is 13.0 Å². The lowest BCUT2D eigenvalue weighted by molar-refractivity contribution is 0.742. The number of nitrogens with one attached hydrogen (secondary N) is 1. The highest BCUT2D eigenvalue weighted by atomic mass is 14.9. The molecule has 0 spiro atoms. The van der Waals surface area contributed by atoms with Gasteiger partial charge in [0.2, 0.25) is 0 Å². The molecule has 0 heterocycles. The number of allylic oxidation sites excluding steroid dienone is 1. The summed E-state index contributed by atoms with van der Waals surface area (Å²) in [5.74, 6) is 0. The van der Waals surface area contributed by atoms with Crippen LogP contribution in [0.5, 0.6) is 0 Å². The first-order chi connectivity index (χ1) is 7.83. The Hall–Kier alpha value is -1.57. The molecular formula is C14H20N2. The number of benzene rings is 1. The predicted octanol–water partition coefficient (Wildman–Crippen LogP) is 2.81. The fourth-order valence-corrected chi connectivity index (χ4v) is 1.43. The number of hydrogen-bond donors (Lipinski definition) is 1. The summed E-state index contributed by atoms with van der Waals surface area (Å²) in [5.41, 5.74) is 2.28. The van der Waals surface area contributed by atoms with Gasteiger partial charge in [-0.3, -0.25) is 4.99 Å². The third kappa shape index (κ3) is 5.35. The largest absolute Gasteiger partial charge is 0.384 e. The second kappa shape index (κ2) is 7.69. The normalized spacial score (nSPS) is 10.6. The molecule has 16 heavy (non-hydrogen) atoms. The molecule has 86 valence electrons. The summed E-state index contributed by atoms with van der Waals surface area (Å²) in [5, 5.41) is 3.24. The molecule has 0 aliphatic carbocycles. The molecule has 0 fully saturated rings. The summed E-state index contributed by atoms with van der Waals surface area (Å²) in [7, 11) is 0. The SMILES string of the molecule is C=C(C=NCC)NCCCc1ccccc1. The van der Waals surface area contributed by atoms with E-state index in [1.165, 1.54) is 5.56 Å². The van der Waals surface area contributed by atoms with Gasteiger partial charge in [0.1, 0.15) is 0 Å². The van der Waals surface area contributed by atoms with Crippen molar-refractivity contribution in [2.45, 2.75) is 19.8 Å². The standard InChI is InChI=1S/C14H20N2/c1-3-15-12-13(2)16-11-7-10-14-8-5-4-6-9-14/h4-6,8-9,12,16H,2-3,7,10-11H2,1H3. The quantitative estimate of drug-likeness (QED) is 0.550. The van der Waals surface area contributed by atoms with Crippen LogP contribution in [0.1, 0.15) is 18.9 Å². The van der Waals surface area contributed by atoms with Crippen molar-refractivity contribution >= 4 is 6.21 Å². The lowest BCUT2D eigenvalue weighted by Crippen LogP contribution is -2.15. The van der Waals surface area contributed by atoms with E-state index >= 15 is 0 Å². The van der Waals surface area contributed by atoms with E-state index in [0.717, 1.165) is 31.6 Å². The summed E-state index contributed by atoms with van der Waals surface area (Å²) in [6.07, 6.45) is 4.01. The van der Waals surface area contributed by atoms with Gasteiger partial charge in [0.15, 0.2) is 0 Å². The van der Waals surface area contributed by atoms with E-state index < -0.39 is 0 Å². The van der Waals surface area contributed by atoms with Crippen LogP contribution in [0, 0.1) is 0 Å². The average Bonchev–Trinajstić information content (AvgIpc) is 2.33. The summed E-state index contributed by atoms with van der Waals surface area (Å²) >= 11 is 0. The van der Waals surface area contributed by atoms with Gasteiger partial charge < -0.3 is 5.32 Å². The number of hydrogen-bond acceptors (Lipinski definition) is 2. The summed E-state index contributed by atoms with van der Waals surface area (Å²) in [6, 6.07) is 10.5. The third-order valence-electron chi connectivity index (χ3n) is 2.27. The van der Waals surface area contributed by atoms with Crippen LogP contribution in [0.15, 0.2) is 47.6 Å². The summed E-state index contributed by atoms with van der Waals surface area (Å²) in [4.78, 5) is 4.12. The second-order valence-corrected chi connectivity index (χ2v) is 3.67. The maximum Gasteiger partial charge on any atom is 0.0448 e. The molecule has 1 N–H and O–H groups in total. The molecule has 0 unspecified atom stereocenters. The van der Waals surface area contributed by atoms with E-state index in [1.54, 1.807) is 6.21 Å². The highest BCUT2D eigenvalue weighted by molar-refractivity contribution is 5.76. The average molecular weight is 216 g/mol. The van der Waals surface area contributed by atoms with Gasteiger partial charge in [0, 0.05) is 25.0 Å². The van der Waals surface area contributed by atoms with E-state index in [4.69, 9.17) is 0 Å². The van der Waals surface area contributed by atoms with Crippen molar-refractivity contribution in [2.75, 3.05) is 13.1 Å². The Bertz CT molecular complexity index is 328. The first-order valence-corrected chi connectivity index (χ1v) is 5.79. The Balaban J connectivity index is 2.13. The smallest absolute Gasteiger partial charge is 0.0448 e. The fraction of sp³-hybridized carbons (Fsp3) is 0.357. The minimum atomic E-state index is 0.810. The van der Waals surface area contributed by atoms with Gasteiger partial charge in [-0.1, -0.05) is 36.9 Å². The molecule has 0 aromatic heterocycles. The first kappa shape index (κ1) is 12.5. The topological polar surface area (TPSA) is 24.4 Å². The third-order valence-corrected chi connectivity index (χ3v) is 2.27. The minimum Gasteiger partial charge on any atom is -0.384 e. The molecule has 1 rings (SSSR count). The molecule has 0 aliphatic rings. The Morgan fingerprint density at radius 3 is 2.81 bits per heavy atom. The van der Waals surface area contributed by atoms with Crippen molar-refractivity contribution in [3.63, 3.8) is 0 Å². The van der Waals surface area contributed by atoms with E-state index in [9.17, 15) is 0 Å². The lowest BCUT2D eigenvalue weighted by atomic mass is 10.1. The maximum atomic E-state index is 4.12. The van der Waals surface area contributed by atoms with Crippen molar-refractivity contribution in [1.82, 2.24) is 5.32 Å². The molecule has 0 saturated carbocycles. The highest BCUT2D eigenvalue weighted by Crippen LogP contribution is 2.01. The first-order valence-electron chi connectivity index (χ1n) is 5.79. The predicted molar refractivity (Wildman–Crippen MR) is 70.9 cm³/mol. The molecule has 1 aromatic carbocycles. The highest BCUT2D eigenvalue weighted by Gasteiger charge is 1.92. The second-order valence-electron chi connectivity index (χ2n) is 3.67. The van der Waals surface area contributed by atoms with Gasteiger partial charge in [0.05, 0.1) is 0 Å². The fourth-order valence-electron chi connectivity index (χ4n) is 1.43. The van der Waals surface area contributed by atoms with E-state index in [0.29, 0.717) is 0 Å². The Morgan fingerprint density at radius 1 is 1.38 bits per heavy atom. The van der Waals surface area contributed by atoms with Gasteiger partial charge in [-0.15, -0.1) is 0 Å². The summed E-state index contributed by atoms with van der Waals surface area (Å²) < 4.78 is 0. The van der Waals surface area contributed by atoms with E-state index in [-0.39, 0.29) is 0 Å². The number of aliphatic imine (C=N–C) groups is 1. The summed E-state index contributed by atoms with van der Waals surface area (Å²) in [6.45, 7) is 7.65. The van der Waals surface area contributed by atoms with Crippen LogP contribution >= 0.6 is 0 Å². The van der Waals surface area contributed by atoms with Gasteiger partial charge in [0.25, 0.3) is 0 Å². The number of aryl methyl sites for hydroxylation is 1. The van der Waals surface area contributed by atoms with Crippen LogP contribution in [0.4, 0.5) is 0 Å². The Labute approximate surface area is 98.1 Å². The molecule has 0 atom stereocenters. The van der Waals surface area contributed by atoms with Crippen LogP contribution in [0.2, 0.25) is 0 Å². The molecule has 1 aromatic rings. The molecule has 0 aliphatic heterocycles. The zero-order chi connectivity index (χ0) is 11.6. The zero-order valence-corrected chi connectivity index (χ0v) is 9.95. The number of nitrogens with zero attached hydrogens (tertiary/aromatic N) is 1. The van der Waals surface area contributed by atoms with Crippen LogP contribution in [0.25, 0.3) is 0 Å². The van der Waals surface area contributed by atoms with Crippen LogP contribution in [-0.2, 0) is 6.42 Å². The molecule has 2 heteroatoms. The van der Waals surface area contributed by atoms with Crippen LogP contribution < -0.4 is 5.32 Å². The monoisotopic (exact) mass is 216 g/mol. The van der Waals surface area contributed by atoms with Crippen molar-refractivity contribution in [3.8, 4) is 0 Å². The minimum absolute atomic E-state index is 0.810. The van der Waals surface area contributed by atoms with Crippen LogP contribution in [-0.4, -0.2) is 19.3 Å². The molecule has 2 nitrogen and oxygen atoms in total. The van der Waals surface area contributed by atoms with Crippen molar-refractivity contribution < 1.29 is 0 Å². The van der Waals surface area contributed by atoms with Gasteiger partial charge in [-0.05, 0) is 25.3 Å². The molecule has 0 amide bonds. The van der Waals surface area contributed by atoms with Gasteiger partial charge in [-0.25, -0.2) is 0 Å². The van der Waals surface area contributed by atoms with Gasteiger partial charge in [-0.2, -0.15) is 0 Å². The Morgan fingerprint density at radius 2 is 2.12 bits per heavy atom. The van der Waals surface area contributed by atoms with Crippen LogP contribution in [0.3, 0.4) is 0 Å². The molecule has 0 saturated heterocycles. The van der Waals surface area contributed by atoms with E-state index in [2.05, 4.69) is 41.2 Å². The zero-order valence-electron chi connectivity index (χ0n) is 9.95. The number of rotatable bonds is 7. The van der Waals surface area contributed by atoms with Gasteiger partial charge >= 0.3 is 0 Å². The van der Waals surface area contributed by atoms with Crippen molar-refractivity contribution in [1.29, 1.82) is 0 Å². The Kier molecular flexibility index (Phi) is 6.00. The lowest BCUT2D eigenvalue weighted by Gasteiger charge is -2.05. The molecule has 0 bridgehead atoms. The van der Waals surface area contributed by atoms with Crippen molar-refractivity contribution in [3.05, 3.63) is 48.2 Å². The molecular weight excluding hydrogens is 196 g/mol.